The van der Waals surface area contributed by atoms with E-state index in [1.807, 2.05) is 17.1 Å². The first kappa shape index (κ1) is 18.8. The topological polar surface area (TPSA) is 88.3 Å². The summed E-state index contributed by atoms with van der Waals surface area (Å²) in [7, 11) is 0. The molecule has 2 aliphatic heterocycles. The molecule has 2 amide bonds. The fraction of sp³-hybridized carbons (Fsp3) is 0.348. The normalized spacial score (nSPS) is 24.0. The summed E-state index contributed by atoms with van der Waals surface area (Å²) in [6, 6.07) is 6.14. The average molecular weight is 406 g/mol. The molecule has 2 bridgehead atoms. The molecule has 0 radical (unpaired) electrons. The molecule has 1 unspecified atom stereocenters. The maximum absolute atomic E-state index is 13.2. The summed E-state index contributed by atoms with van der Waals surface area (Å²) in [6.45, 7) is 0. The first-order valence-corrected chi connectivity index (χ1v) is 10.3. The highest BCUT2D eigenvalue weighted by Gasteiger charge is 2.43. The van der Waals surface area contributed by atoms with Crippen molar-refractivity contribution >= 4 is 23.6 Å². The van der Waals surface area contributed by atoms with E-state index in [1.54, 1.807) is 18.3 Å². The van der Waals surface area contributed by atoms with Gasteiger partial charge in [-0.1, -0.05) is 12.2 Å². The summed E-state index contributed by atoms with van der Waals surface area (Å²) < 4.78 is 13.2. The zero-order valence-corrected chi connectivity index (χ0v) is 16.5. The first-order valence-electron chi connectivity index (χ1n) is 10.3. The number of primary amides is 1. The van der Waals surface area contributed by atoms with Crippen molar-refractivity contribution in [3.8, 4) is 0 Å². The van der Waals surface area contributed by atoms with Gasteiger partial charge in [0.1, 0.15) is 5.82 Å². The Kier molecular flexibility index (Phi) is 4.53. The Labute approximate surface area is 174 Å². The van der Waals surface area contributed by atoms with Crippen LogP contribution in [0.15, 0.2) is 36.5 Å². The minimum Gasteiger partial charge on any atom is -0.381 e. The number of nitrogens with two attached hydrogens (primary N) is 1. The predicted molar refractivity (Wildman–Crippen MR) is 112 cm³/mol. The summed E-state index contributed by atoms with van der Waals surface area (Å²) in [5, 5.41) is 3.56. The second kappa shape index (κ2) is 7.23. The number of anilines is 1. The van der Waals surface area contributed by atoms with Crippen molar-refractivity contribution in [2.45, 2.75) is 50.2 Å². The number of benzene rings is 1. The molecule has 5 rings (SSSR count). The van der Waals surface area contributed by atoms with E-state index >= 15 is 0 Å². The van der Waals surface area contributed by atoms with Gasteiger partial charge >= 0.3 is 0 Å². The molecule has 2 aromatic rings. The lowest BCUT2D eigenvalue weighted by Crippen LogP contribution is -2.49. The van der Waals surface area contributed by atoms with Gasteiger partial charge in [-0.2, -0.15) is 0 Å². The largest absolute Gasteiger partial charge is 0.381 e. The van der Waals surface area contributed by atoms with Crippen molar-refractivity contribution in [2.75, 3.05) is 5.32 Å². The second-order valence-corrected chi connectivity index (χ2v) is 8.29. The summed E-state index contributed by atoms with van der Waals surface area (Å²) in [4.78, 5) is 31.3. The molecule has 1 aliphatic carbocycles. The van der Waals surface area contributed by atoms with E-state index in [0.29, 0.717) is 11.1 Å². The lowest BCUT2D eigenvalue weighted by atomic mass is 9.95. The van der Waals surface area contributed by atoms with Crippen LogP contribution in [0.1, 0.15) is 57.7 Å². The van der Waals surface area contributed by atoms with E-state index in [1.165, 1.54) is 12.1 Å². The Morgan fingerprint density at radius 3 is 2.50 bits per heavy atom. The van der Waals surface area contributed by atoms with Crippen LogP contribution >= 0.6 is 0 Å². The van der Waals surface area contributed by atoms with Crippen molar-refractivity contribution in [1.82, 2.24) is 9.88 Å². The Bertz CT molecular complexity index is 1040. The Morgan fingerprint density at radius 1 is 1.13 bits per heavy atom. The van der Waals surface area contributed by atoms with Crippen LogP contribution in [0, 0.1) is 5.82 Å². The highest BCUT2D eigenvalue weighted by atomic mass is 19.1. The highest BCUT2D eigenvalue weighted by Crippen LogP contribution is 2.39. The van der Waals surface area contributed by atoms with Gasteiger partial charge in [0.2, 0.25) is 0 Å². The van der Waals surface area contributed by atoms with Crippen LogP contribution in [0.2, 0.25) is 0 Å². The fourth-order valence-corrected chi connectivity index (χ4v) is 5.11. The molecule has 154 valence electrons. The van der Waals surface area contributed by atoms with E-state index < -0.39 is 5.91 Å². The van der Waals surface area contributed by atoms with Gasteiger partial charge in [-0.25, -0.2) is 4.39 Å². The molecule has 0 spiro atoms. The number of hydrogen-bond donors (Lipinski definition) is 2. The van der Waals surface area contributed by atoms with Crippen LogP contribution in [-0.2, 0) is 6.42 Å². The quantitative estimate of drug-likeness (QED) is 0.817. The van der Waals surface area contributed by atoms with Gasteiger partial charge in [-0.15, -0.1) is 0 Å². The maximum Gasteiger partial charge on any atom is 0.254 e. The van der Waals surface area contributed by atoms with Crippen molar-refractivity contribution in [3.63, 3.8) is 0 Å². The minimum absolute atomic E-state index is 0.0356. The standard InChI is InChI=1S/C23H23FN4O2/c24-14-6-4-13(5-7-14)23(30)28-16-8-9-17(28)11-15(10-16)27-21-18-2-1-3-20(18)26-12-19(21)22(25)29/h1-2,4-7,12,15-17H,3,8-11H2,(H2,25,29)(H,26,27)/t15?,16-,17+. The van der Waals surface area contributed by atoms with Gasteiger partial charge in [0, 0.05) is 41.9 Å². The van der Waals surface area contributed by atoms with Crippen molar-refractivity contribution in [2.24, 2.45) is 5.73 Å². The monoisotopic (exact) mass is 406 g/mol. The average Bonchev–Trinajstić information content (AvgIpc) is 3.31. The number of carbonyl (C=O) groups is 2. The SMILES string of the molecule is NC(=O)c1cnc2c(c1NC1C[C@H]3CC[C@@H](C1)N3C(=O)c1ccc(F)cc1)C=CC2. The minimum atomic E-state index is -0.500. The van der Waals surface area contributed by atoms with Gasteiger partial charge in [0.25, 0.3) is 11.8 Å². The Balaban J connectivity index is 1.37. The van der Waals surface area contributed by atoms with Crippen LogP contribution in [-0.4, -0.2) is 39.8 Å². The first-order chi connectivity index (χ1) is 14.5. The summed E-state index contributed by atoms with van der Waals surface area (Å²) in [5.74, 6) is -0.881. The number of allylic oxidation sites excluding steroid dienone is 1. The molecular weight excluding hydrogens is 383 g/mol. The highest BCUT2D eigenvalue weighted by molar-refractivity contribution is 6.00. The van der Waals surface area contributed by atoms with Crippen molar-refractivity contribution in [1.29, 1.82) is 0 Å². The lowest BCUT2D eigenvalue weighted by molar-refractivity contribution is 0.0583. The summed E-state index contributed by atoms with van der Waals surface area (Å²) in [6.07, 6.45) is 9.81. The molecule has 3 atom stereocenters. The van der Waals surface area contributed by atoms with E-state index in [2.05, 4.69) is 10.3 Å². The molecule has 6 nitrogen and oxygen atoms in total. The van der Waals surface area contributed by atoms with Crippen LogP contribution < -0.4 is 11.1 Å². The lowest BCUT2D eigenvalue weighted by Gasteiger charge is -2.40. The maximum atomic E-state index is 13.2. The third-order valence-electron chi connectivity index (χ3n) is 6.47. The number of aromatic nitrogens is 1. The van der Waals surface area contributed by atoms with E-state index in [9.17, 15) is 14.0 Å². The molecule has 3 heterocycles. The number of piperidine rings is 1. The summed E-state index contributed by atoms with van der Waals surface area (Å²) >= 11 is 0. The summed E-state index contributed by atoms with van der Waals surface area (Å²) in [5.41, 5.74) is 9.14. The van der Waals surface area contributed by atoms with Crippen LogP contribution in [0.4, 0.5) is 10.1 Å². The van der Waals surface area contributed by atoms with Gasteiger partial charge in [0.05, 0.1) is 16.9 Å². The van der Waals surface area contributed by atoms with E-state index in [4.69, 9.17) is 5.73 Å². The van der Waals surface area contributed by atoms with Gasteiger partial charge in [-0.3, -0.25) is 14.6 Å². The number of carbonyl (C=O) groups excluding carboxylic acids is 2. The van der Waals surface area contributed by atoms with Gasteiger partial charge in [-0.05, 0) is 49.9 Å². The van der Waals surface area contributed by atoms with Gasteiger partial charge in [0.15, 0.2) is 0 Å². The van der Waals surface area contributed by atoms with Crippen LogP contribution in [0.25, 0.3) is 6.08 Å². The number of pyridine rings is 1. The molecule has 3 aliphatic rings. The molecule has 1 aromatic heterocycles. The van der Waals surface area contributed by atoms with Gasteiger partial charge < -0.3 is 16.0 Å². The third-order valence-corrected chi connectivity index (χ3v) is 6.47. The smallest absolute Gasteiger partial charge is 0.254 e. The molecule has 3 N–H and O–H groups in total. The number of rotatable bonds is 4. The molecule has 2 saturated heterocycles. The fourth-order valence-electron chi connectivity index (χ4n) is 5.11. The third kappa shape index (κ3) is 3.14. The van der Waals surface area contributed by atoms with Crippen molar-refractivity contribution < 1.29 is 14.0 Å². The number of nitrogens with zero attached hydrogens (tertiary/aromatic N) is 2. The number of halogens is 1. The van der Waals surface area contributed by atoms with E-state index in [0.717, 1.165) is 49.0 Å². The number of fused-ring (bicyclic) bond motifs is 3. The molecule has 7 heteroatoms. The van der Waals surface area contributed by atoms with Crippen LogP contribution in [0.3, 0.4) is 0 Å². The van der Waals surface area contributed by atoms with Crippen molar-refractivity contribution in [3.05, 3.63) is 64.7 Å². The molecule has 0 saturated carbocycles. The molecule has 1 aromatic carbocycles. The molecule has 30 heavy (non-hydrogen) atoms. The molecular formula is C23H23FN4O2. The van der Waals surface area contributed by atoms with Crippen LogP contribution in [0.5, 0.6) is 0 Å². The Morgan fingerprint density at radius 2 is 1.83 bits per heavy atom. The second-order valence-electron chi connectivity index (χ2n) is 8.29. The number of hydrogen-bond acceptors (Lipinski definition) is 4. The predicted octanol–water partition coefficient (Wildman–Crippen LogP) is 3.14. The number of amides is 2. The zero-order valence-electron chi connectivity index (χ0n) is 16.5. The van der Waals surface area contributed by atoms with E-state index in [-0.39, 0.29) is 29.8 Å². The molecule has 2 fully saturated rings. The zero-order chi connectivity index (χ0) is 20.8. The Hall–Kier alpha value is -3.22. The number of nitrogens with one attached hydrogen (secondary N) is 1.